The van der Waals surface area contributed by atoms with Crippen molar-refractivity contribution in [3.63, 3.8) is 0 Å². The maximum absolute atomic E-state index is 11.1. The van der Waals surface area contributed by atoms with Crippen molar-refractivity contribution in [3.05, 3.63) is 11.8 Å². The average molecular weight is 169 g/mol. The fourth-order valence-corrected chi connectivity index (χ4v) is 2.14. The van der Waals surface area contributed by atoms with Crippen LogP contribution in [0.4, 0.5) is 0 Å². The molecule has 2 rings (SSSR count). The molecule has 1 amide bonds. The van der Waals surface area contributed by atoms with Gasteiger partial charge in [-0.15, -0.1) is 11.8 Å². The van der Waals surface area contributed by atoms with Crippen molar-refractivity contribution in [2.45, 2.75) is 0 Å². The molecule has 0 unspecified atom stereocenters. The summed E-state index contributed by atoms with van der Waals surface area (Å²) in [6, 6.07) is 0. The highest BCUT2D eigenvalue weighted by Crippen LogP contribution is 2.23. The summed E-state index contributed by atoms with van der Waals surface area (Å²) in [6.07, 6.45) is 1.57. The summed E-state index contributed by atoms with van der Waals surface area (Å²) < 4.78 is 0. The van der Waals surface area contributed by atoms with Crippen molar-refractivity contribution in [3.8, 4) is 0 Å². The van der Waals surface area contributed by atoms with Gasteiger partial charge in [-0.05, 0) is 0 Å². The van der Waals surface area contributed by atoms with Gasteiger partial charge in [-0.25, -0.2) is 0 Å². The molecule has 4 heteroatoms. The Kier molecular flexibility index (Phi) is 1.49. The van der Waals surface area contributed by atoms with Gasteiger partial charge >= 0.3 is 0 Å². The summed E-state index contributed by atoms with van der Waals surface area (Å²) in [5.74, 6) is 1.44. The third-order valence-electron chi connectivity index (χ3n) is 1.76. The number of thioether (sulfide) groups is 1. The number of carbonyl (C=O) groups excluding carboxylic acids is 2. The second-order valence-corrected chi connectivity index (χ2v) is 3.56. The Hall–Kier alpha value is -0.770. The molecule has 2 heterocycles. The summed E-state index contributed by atoms with van der Waals surface area (Å²) in [5, 5.41) is 0. The molecular weight excluding hydrogens is 162 g/mol. The Balaban J connectivity index is 2.27. The lowest BCUT2D eigenvalue weighted by Gasteiger charge is -2.23. The third-order valence-corrected chi connectivity index (χ3v) is 2.72. The highest BCUT2D eigenvalue weighted by molar-refractivity contribution is 8.00. The van der Waals surface area contributed by atoms with E-state index in [1.807, 2.05) is 0 Å². The molecule has 0 radical (unpaired) electrons. The first-order chi connectivity index (χ1) is 5.27. The van der Waals surface area contributed by atoms with E-state index in [1.165, 1.54) is 0 Å². The summed E-state index contributed by atoms with van der Waals surface area (Å²) in [6.45, 7) is 0.273. The second kappa shape index (κ2) is 2.37. The molecule has 0 aliphatic carbocycles. The van der Waals surface area contributed by atoms with Gasteiger partial charge in [0.25, 0.3) is 0 Å². The Bertz CT molecular complexity index is 259. The van der Waals surface area contributed by atoms with E-state index in [-0.39, 0.29) is 18.2 Å². The predicted octanol–water partition coefficient (Wildman–Crippen LogP) is 0.0284. The molecule has 0 N–H and O–H groups in total. The first-order valence-electron chi connectivity index (χ1n) is 3.39. The van der Waals surface area contributed by atoms with Crippen LogP contribution in [-0.4, -0.2) is 34.6 Å². The minimum absolute atomic E-state index is 0.0517. The lowest BCUT2D eigenvalue weighted by Crippen LogP contribution is -2.35. The summed E-state index contributed by atoms with van der Waals surface area (Å²) in [5.41, 5.74) is 0.885. The highest BCUT2D eigenvalue weighted by atomic mass is 32.2. The molecule has 0 aromatic carbocycles. The van der Waals surface area contributed by atoms with Crippen LogP contribution in [0.3, 0.4) is 0 Å². The fraction of sp³-hybridized carbons (Fsp3) is 0.429. The normalized spacial score (nSPS) is 23.6. The summed E-state index contributed by atoms with van der Waals surface area (Å²) in [4.78, 5) is 23.6. The molecular formula is C7H7NO2S. The molecule has 2 aliphatic heterocycles. The number of hydrogen-bond acceptors (Lipinski definition) is 3. The van der Waals surface area contributed by atoms with Gasteiger partial charge in [0.15, 0.2) is 5.78 Å². The first-order valence-corrected chi connectivity index (χ1v) is 4.54. The monoisotopic (exact) mass is 169 g/mol. The van der Waals surface area contributed by atoms with Crippen LogP contribution in [-0.2, 0) is 9.59 Å². The Morgan fingerprint density at radius 2 is 2.18 bits per heavy atom. The molecule has 11 heavy (non-hydrogen) atoms. The maximum Gasteiger partial charge on any atom is 0.237 e. The maximum atomic E-state index is 11.1. The number of hydrogen-bond donors (Lipinski definition) is 0. The number of amides is 1. The van der Waals surface area contributed by atoms with Crippen LogP contribution >= 0.6 is 11.8 Å². The van der Waals surface area contributed by atoms with Gasteiger partial charge in [0.05, 0.1) is 12.3 Å². The van der Waals surface area contributed by atoms with Gasteiger partial charge in [0.1, 0.15) is 0 Å². The van der Waals surface area contributed by atoms with Crippen molar-refractivity contribution >= 4 is 23.5 Å². The van der Waals surface area contributed by atoms with Crippen LogP contribution in [0.1, 0.15) is 0 Å². The molecule has 3 nitrogen and oxygen atoms in total. The molecule has 0 aromatic heterocycles. The van der Waals surface area contributed by atoms with E-state index in [9.17, 15) is 9.59 Å². The quantitative estimate of drug-likeness (QED) is 0.513. The van der Waals surface area contributed by atoms with Crippen LogP contribution in [0.2, 0.25) is 0 Å². The van der Waals surface area contributed by atoms with E-state index in [2.05, 4.69) is 0 Å². The number of rotatable bonds is 0. The number of carbonyl (C=O) groups is 2. The first kappa shape index (κ1) is 6.91. The molecule has 58 valence electrons. The zero-order valence-electron chi connectivity index (χ0n) is 5.87. The molecule has 0 saturated carbocycles. The SMILES string of the molecule is O=C1C=C2CSCC(=O)N2C1. The number of nitrogens with zero attached hydrogens (tertiary/aromatic N) is 1. The van der Waals surface area contributed by atoms with Crippen LogP contribution in [0, 0.1) is 0 Å². The molecule has 2 aliphatic rings. The van der Waals surface area contributed by atoms with Gasteiger partial charge in [0, 0.05) is 17.5 Å². The minimum Gasteiger partial charge on any atom is -0.307 e. The molecule has 1 fully saturated rings. The van der Waals surface area contributed by atoms with E-state index >= 15 is 0 Å². The summed E-state index contributed by atoms with van der Waals surface area (Å²) >= 11 is 1.57. The van der Waals surface area contributed by atoms with Crippen LogP contribution in [0.5, 0.6) is 0 Å². The van der Waals surface area contributed by atoms with Crippen molar-refractivity contribution < 1.29 is 9.59 Å². The van der Waals surface area contributed by atoms with Crippen molar-refractivity contribution in [2.24, 2.45) is 0 Å². The van der Waals surface area contributed by atoms with E-state index in [1.54, 1.807) is 22.7 Å². The largest absolute Gasteiger partial charge is 0.307 e. The van der Waals surface area contributed by atoms with Gasteiger partial charge in [-0.3, -0.25) is 9.59 Å². The van der Waals surface area contributed by atoms with Crippen molar-refractivity contribution in [2.75, 3.05) is 18.1 Å². The third kappa shape index (κ3) is 1.07. The van der Waals surface area contributed by atoms with E-state index in [0.717, 1.165) is 11.4 Å². The number of ketones is 1. The smallest absolute Gasteiger partial charge is 0.237 e. The molecule has 0 aromatic rings. The zero-order valence-corrected chi connectivity index (χ0v) is 6.69. The lowest BCUT2D eigenvalue weighted by molar-refractivity contribution is -0.128. The van der Waals surface area contributed by atoms with Crippen molar-refractivity contribution in [1.82, 2.24) is 4.90 Å². The Morgan fingerprint density at radius 1 is 1.36 bits per heavy atom. The van der Waals surface area contributed by atoms with Crippen LogP contribution in [0.15, 0.2) is 11.8 Å². The van der Waals surface area contributed by atoms with Crippen LogP contribution in [0.25, 0.3) is 0 Å². The van der Waals surface area contributed by atoms with Gasteiger partial charge in [0.2, 0.25) is 5.91 Å². The zero-order chi connectivity index (χ0) is 7.84. The lowest BCUT2D eigenvalue weighted by atomic mass is 10.4. The molecule has 0 atom stereocenters. The van der Waals surface area contributed by atoms with Crippen molar-refractivity contribution in [1.29, 1.82) is 0 Å². The van der Waals surface area contributed by atoms with E-state index in [4.69, 9.17) is 0 Å². The van der Waals surface area contributed by atoms with E-state index < -0.39 is 0 Å². The Morgan fingerprint density at radius 3 is 2.91 bits per heavy atom. The minimum atomic E-state index is 0.0517. The standard InChI is InChI=1S/C7H7NO2S/c9-6-1-5-3-11-4-7(10)8(5)2-6/h1H,2-4H2. The molecule has 0 bridgehead atoms. The van der Waals surface area contributed by atoms with Gasteiger partial charge in [-0.1, -0.05) is 0 Å². The molecule has 1 saturated heterocycles. The molecule has 0 spiro atoms. The average Bonchev–Trinajstić information content (AvgIpc) is 2.31. The summed E-state index contributed by atoms with van der Waals surface area (Å²) in [7, 11) is 0. The fourth-order valence-electron chi connectivity index (χ4n) is 1.26. The predicted molar refractivity (Wildman–Crippen MR) is 42.1 cm³/mol. The highest BCUT2D eigenvalue weighted by Gasteiger charge is 2.29. The number of fused-ring (bicyclic) bond motifs is 1. The topological polar surface area (TPSA) is 37.4 Å². The van der Waals surface area contributed by atoms with Gasteiger partial charge < -0.3 is 4.90 Å². The Labute approximate surface area is 68.4 Å². The van der Waals surface area contributed by atoms with Gasteiger partial charge in [-0.2, -0.15) is 0 Å². The van der Waals surface area contributed by atoms with E-state index in [0.29, 0.717) is 5.75 Å². The second-order valence-electron chi connectivity index (χ2n) is 2.57. The van der Waals surface area contributed by atoms with Crippen LogP contribution < -0.4 is 0 Å².